The minimum absolute atomic E-state index is 0.474. The standard InChI is InChI=1S/C15H24N2OS/c1-16-8-13(10-18-2)15(11-16)5-6-17(12-15)9-14-4-3-7-19-14/h3-4,7,13H,5-6,8-12H2,1-2H3/t13-,15-/m0/s1. The third-order valence-electron chi connectivity index (χ3n) is 4.77. The highest BCUT2D eigenvalue weighted by atomic mass is 32.1. The van der Waals surface area contributed by atoms with E-state index in [2.05, 4.69) is 34.4 Å². The zero-order chi connectivity index (χ0) is 13.3. The Bertz CT molecular complexity index is 408. The molecule has 0 bridgehead atoms. The average Bonchev–Trinajstić information content (AvgIpc) is 3.05. The lowest BCUT2D eigenvalue weighted by Crippen LogP contribution is -2.35. The van der Waals surface area contributed by atoms with Gasteiger partial charge in [0.15, 0.2) is 0 Å². The SMILES string of the molecule is COC[C@@H]1CN(C)C[C@]12CCN(Cc1cccs1)C2. The zero-order valence-corrected chi connectivity index (χ0v) is 12.8. The molecule has 2 fully saturated rings. The molecule has 0 aliphatic carbocycles. The molecule has 106 valence electrons. The van der Waals surface area contributed by atoms with Crippen molar-refractivity contribution in [2.45, 2.75) is 13.0 Å². The van der Waals surface area contributed by atoms with Crippen molar-refractivity contribution in [1.29, 1.82) is 0 Å². The van der Waals surface area contributed by atoms with Crippen molar-refractivity contribution in [3.05, 3.63) is 22.4 Å². The molecule has 2 atom stereocenters. The quantitative estimate of drug-likeness (QED) is 0.840. The van der Waals surface area contributed by atoms with Crippen LogP contribution in [-0.2, 0) is 11.3 Å². The van der Waals surface area contributed by atoms with E-state index in [4.69, 9.17) is 4.74 Å². The second kappa shape index (κ2) is 5.52. The van der Waals surface area contributed by atoms with Gasteiger partial charge in [-0.05, 0) is 31.5 Å². The molecule has 0 radical (unpaired) electrons. The lowest BCUT2D eigenvalue weighted by atomic mass is 9.78. The molecule has 19 heavy (non-hydrogen) atoms. The summed E-state index contributed by atoms with van der Waals surface area (Å²) in [5.41, 5.74) is 0.474. The Morgan fingerprint density at radius 3 is 3.11 bits per heavy atom. The van der Waals surface area contributed by atoms with Gasteiger partial charge in [0.25, 0.3) is 0 Å². The second-order valence-electron chi connectivity index (χ2n) is 6.25. The van der Waals surface area contributed by atoms with Crippen LogP contribution >= 0.6 is 11.3 Å². The summed E-state index contributed by atoms with van der Waals surface area (Å²) in [6.07, 6.45) is 1.33. The van der Waals surface area contributed by atoms with E-state index in [9.17, 15) is 0 Å². The van der Waals surface area contributed by atoms with Crippen LogP contribution in [0.1, 0.15) is 11.3 Å². The van der Waals surface area contributed by atoms with E-state index < -0.39 is 0 Å². The largest absolute Gasteiger partial charge is 0.384 e. The summed E-state index contributed by atoms with van der Waals surface area (Å²) in [6.45, 7) is 6.96. The van der Waals surface area contributed by atoms with Crippen LogP contribution in [0.3, 0.4) is 0 Å². The van der Waals surface area contributed by atoms with Crippen LogP contribution in [0.5, 0.6) is 0 Å². The summed E-state index contributed by atoms with van der Waals surface area (Å²) in [5.74, 6) is 0.704. The van der Waals surface area contributed by atoms with Gasteiger partial charge in [0, 0.05) is 49.5 Å². The number of nitrogens with zero attached hydrogens (tertiary/aromatic N) is 2. The average molecular weight is 280 g/mol. The van der Waals surface area contributed by atoms with E-state index in [1.165, 1.54) is 37.5 Å². The zero-order valence-electron chi connectivity index (χ0n) is 12.0. The maximum Gasteiger partial charge on any atom is 0.0509 e. The molecule has 0 unspecified atom stereocenters. The van der Waals surface area contributed by atoms with Gasteiger partial charge in [-0.1, -0.05) is 6.07 Å². The Labute approximate surface area is 120 Å². The molecule has 2 aliphatic rings. The molecule has 1 aromatic heterocycles. The highest BCUT2D eigenvalue weighted by Gasteiger charge is 2.49. The number of hydrogen-bond donors (Lipinski definition) is 0. The molecule has 0 N–H and O–H groups in total. The van der Waals surface area contributed by atoms with Gasteiger partial charge in [0.2, 0.25) is 0 Å². The number of thiophene rings is 1. The van der Waals surface area contributed by atoms with Gasteiger partial charge in [-0.3, -0.25) is 4.90 Å². The molecule has 1 spiro atoms. The van der Waals surface area contributed by atoms with Gasteiger partial charge in [0.1, 0.15) is 0 Å². The van der Waals surface area contributed by atoms with E-state index in [1.807, 2.05) is 18.4 Å². The van der Waals surface area contributed by atoms with Gasteiger partial charge in [-0.2, -0.15) is 0 Å². The van der Waals surface area contributed by atoms with Crippen molar-refractivity contribution in [3.63, 3.8) is 0 Å². The Morgan fingerprint density at radius 1 is 1.47 bits per heavy atom. The molecule has 1 aromatic rings. The summed E-state index contributed by atoms with van der Waals surface area (Å²) < 4.78 is 5.46. The summed E-state index contributed by atoms with van der Waals surface area (Å²) in [7, 11) is 4.09. The Kier molecular flexibility index (Phi) is 3.94. The predicted octanol–water partition coefficient (Wildman–Crippen LogP) is 2.15. The first-order valence-electron chi connectivity index (χ1n) is 7.14. The molecule has 0 saturated carbocycles. The van der Waals surface area contributed by atoms with Gasteiger partial charge in [-0.15, -0.1) is 11.3 Å². The fraction of sp³-hybridized carbons (Fsp3) is 0.733. The van der Waals surface area contributed by atoms with Crippen LogP contribution < -0.4 is 0 Å². The van der Waals surface area contributed by atoms with Crippen molar-refractivity contribution < 1.29 is 4.74 Å². The minimum Gasteiger partial charge on any atom is -0.384 e. The monoisotopic (exact) mass is 280 g/mol. The number of ether oxygens (including phenoxy) is 1. The Balaban J connectivity index is 1.66. The first-order valence-corrected chi connectivity index (χ1v) is 8.02. The van der Waals surface area contributed by atoms with Gasteiger partial charge in [0.05, 0.1) is 6.61 Å². The van der Waals surface area contributed by atoms with Crippen molar-refractivity contribution in [2.75, 3.05) is 46.9 Å². The van der Waals surface area contributed by atoms with Crippen LogP contribution in [0.25, 0.3) is 0 Å². The Hall–Kier alpha value is -0.420. The van der Waals surface area contributed by atoms with Crippen molar-refractivity contribution in [3.8, 4) is 0 Å². The van der Waals surface area contributed by atoms with E-state index in [0.29, 0.717) is 11.3 Å². The molecule has 3 nitrogen and oxygen atoms in total. The molecule has 3 heterocycles. The van der Waals surface area contributed by atoms with Crippen molar-refractivity contribution in [1.82, 2.24) is 9.80 Å². The number of likely N-dealkylation sites (tertiary alicyclic amines) is 2. The highest BCUT2D eigenvalue weighted by molar-refractivity contribution is 7.09. The summed E-state index contributed by atoms with van der Waals surface area (Å²) in [5, 5.41) is 2.18. The van der Waals surface area contributed by atoms with Gasteiger partial charge >= 0.3 is 0 Å². The molecule has 0 aromatic carbocycles. The van der Waals surface area contributed by atoms with Gasteiger partial charge in [-0.25, -0.2) is 0 Å². The van der Waals surface area contributed by atoms with E-state index in [-0.39, 0.29) is 0 Å². The van der Waals surface area contributed by atoms with E-state index in [0.717, 1.165) is 13.2 Å². The van der Waals surface area contributed by atoms with Gasteiger partial charge < -0.3 is 9.64 Å². The van der Waals surface area contributed by atoms with Crippen molar-refractivity contribution >= 4 is 11.3 Å². The van der Waals surface area contributed by atoms with Crippen LogP contribution in [-0.4, -0.2) is 56.7 Å². The fourth-order valence-corrected chi connectivity index (χ4v) is 4.68. The maximum absolute atomic E-state index is 5.46. The molecule has 3 rings (SSSR count). The normalized spacial score (nSPS) is 32.6. The van der Waals surface area contributed by atoms with Crippen LogP contribution in [0, 0.1) is 11.3 Å². The third kappa shape index (κ3) is 2.72. The number of rotatable bonds is 4. The summed E-state index contributed by atoms with van der Waals surface area (Å²) in [4.78, 5) is 6.61. The molecule has 2 saturated heterocycles. The highest BCUT2D eigenvalue weighted by Crippen LogP contribution is 2.43. The van der Waals surface area contributed by atoms with E-state index >= 15 is 0 Å². The fourth-order valence-electron chi connectivity index (χ4n) is 3.94. The molecular weight excluding hydrogens is 256 g/mol. The minimum atomic E-state index is 0.474. The second-order valence-corrected chi connectivity index (χ2v) is 7.28. The Morgan fingerprint density at radius 2 is 2.37 bits per heavy atom. The predicted molar refractivity (Wildman–Crippen MR) is 79.5 cm³/mol. The molecule has 0 amide bonds. The molecule has 2 aliphatic heterocycles. The van der Waals surface area contributed by atoms with E-state index in [1.54, 1.807) is 0 Å². The molecule has 4 heteroatoms. The first-order chi connectivity index (χ1) is 9.22. The summed E-state index contributed by atoms with van der Waals surface area (Å²) >= 11 is 1.88. The van der Waals surface area contributed by atoms with Crippen LogP contribution in [0.4, 0.5) is 0 Å². The topological polar surface area (TPSA) is 15.7 Å². The summed E-state index contributed by atoms with van der Waals surface area (Å²) in [6, 6.07) is 4.41. The lowest BCUT2D eigenvalue weighted by molar-refractivity contribution is 0.0959. The number of hydrogen-bond acceptors (Lipinski definition) is 4. The molecular formula is C15H24N2OS. The van der Waals surface area contributed by atoms with Crippen LogP contribution in [0.2, 0.25) is 0 Å². The maximum atomic E-state index is 5.46. The number of methoxy groups -OCH3 is 1. The first kappa shape index (κ1) is 13.6. The lowest BCUT2D eigenvalue weighted by Gasteiger charge is -2.30. The third-order valence-corrected chi connectivity index (χ3v) is 5.64. The van der Waals surface area contributed by atoms with Crippen LogP contribution in [0.15, 0.2) is 17.5 Å². The smallest absolute Gasteiger partial charge is 0.0509 e. The van der Waals surface area contributed by atoms with Crippen molar-refractivity contribution in [2.24, 2.45) is 11.3 Å².